The summed E-state index contributed by atoms with van der Waals surface area (Å²) in [6.45, 7) is 8.94. The molecule has 2 heteroatoms. The van der Waals surface area contributed by atoms with Crippen LogP contribution in [-0.2, 0) is 0 Å². The minimum absolute atomic E-state index is 0.239. The van der Waals surface area contributed by atoms with Crippen LogP contribution in [-0.4, -0.2) is 5.54 Å². The van der Waals surface area contributed by atoms with Gasteiger partial charge in [-0.15, -0.1) is 11.3 Å². The van der Waals surface area contributed by atoms with Gasteiger partial charge in [0.15, 0.2) is 0 Å². The van der Waals surface area contributed by atoms with Gasteiger partial charge >= 0.3 is 0 Å². The second-order valence-corrected chi connectivity index (χ2v) is 5.10. The molecule has 0 aliphatic carbocycles. The molecule has 1 rings (SSSR count). The van der Waals surface area contributed by atoms with Gasteiger partial charge in [0.2, 0.25) is 0 Å². The van der Waals surface area contributed by atoms with Crippen molar-refractivity contribution in [3.05, 3.63) is 22.4 Å². The van der Waals surface area contributed by atoms with E-state index < -0.39 is 0 Å². The lowest BCUT2D eigenvalue weighted by atomic mass is 10.0. The number of thiophene rings is 1. The topological polar surface area (TPSA) is 12.0 Å². The third kappa shape index (κ3) is 3.12. The first-order valence-electron chi connectivity index (χ1n) is 4.86. The van der Waals surface area contributed by atoms with Crippen LogP contribution in [0.25, 0.3) is 0 Å². The first kappa shape index (κ1) is 10.7. The fourth-order valence-corrected chi connectivity index (χ4v) is 2.03. The second-order valence-electron chi connectivity index (χ2n) is 4.12. The molecule has 1 atom stereocenters. The highest BCUT2D eigenvalue weighted by Crippen LogP contribution is 2.21. The summed E-state index contributed by atoms with van der Waals surface area (Å²) < 4.78 is 0. The molecule has 0 amide bonds. The van der Waals surface area contributed by atoms with Crippen molar-refractivity contribution in [2.24, 2.45) is 0 Å². The van der Waals surface area contributed by atoms with Crippen molar-refractivity contribution in [3.8, 4) is 0 Å². The molecule has 74 valence electrons. The standard InChI is InChI=1S/C11H19NS/c1-5-11(3,4)12-9(2)10-7-6-8-13-10/h6-9,12H,5H2,1-4H3. The first-order chi connectivity index (χ1) is 6.05. The fourth-order valence-electron chi connectivity index (χ4n) is 1.30. The van der Waals surface area contributed by atoms with Gasteiger partial charge in [0, 0.05) is 16.5 Å². The van der Waals surface area contributed by atoms with Crippen molar-refractivity contribution in [2.75, 3.05) is 0 Å². The van der Waals surface area contributed by atoms with Gasteiger partial charge in [0.05, 0.1) is 0 Å². The quantitative estimate of drug-likeness (QED) is 0.778. The van der Waals surface area contributed by atoms with E-state index in [4.69, 9.17) is 0 Å². The zero-order chi connectivity index (χ0) is 9.90. The summed E-state index contributed by atoms with van der Waals surface area (Å²) >= 11 is 1.82. The summed E-state index contributed by atoms with van der Waals surface area (Å²) in [6, 6.07) is 4.76. The molecule has 1 nitrogen and oxygen atoms in total. The lowest BCUT2D eigenvalue weighted by Gasteiger charge is -2.28. The highest BCUT2D eigenvalue weighted by Gasteiger charge is 2.18. The lowest BCUT2D eigenvalue weighted by molar-refractivity contribution is 0.340. The summed E-state index contributed by atoms with van der Waals surface area (Å²) in [5.41, 5.74) is 0.239. The molecule has 0 saturated heterocycles. The van der Waals surface area contributed by atoms with Gasteiger partial charge in [0.1, 0.15) is 0 Å². The molecule has 1 unspecified atom stereocenters. The molecule has 0 saturated carbocycles. The van der Waals surface area contributed by atoms with Gasteiger partial charge in [-0.1, -0.05) is 13.0 Å². The smallest absolute Gasteiger partial charge is 0.0390 e. The van der Waals surface area contributed by atoms with E-state index in [1.807, 2.05) is 11.3 Å². The Morgan fingerprint density at radius 1 is 1.54 bits per heavy atom. The number of rotatable bonds is 4. The summed E-state index contributed by atoms with van der Waals surface area (Å²) in [6.07, 6.45) is 1.16. The Morgan fingerprint density at radius 2 is 2.23 bits per heavy atom. The Kier molecular flexibility index (Phi) is 3.51. The molecular formula is C11H19NS. The molecule has 0 fully saturated rings. The van der Waals surface area contributed by atoms with Crippen LogP contribution in [0.1, 0.15) is 45.0 Å². The minimum atomic E-state index is 0.239. The Morgan fingerprint density at radius 3 is 2.69 bits per heavy atom. The average molecular weight is 197 g/mol. The third-order valence-corrected chi connectivity index (χ3v) is 3.52. The lowest BCUT2D eigenvalue weighted by Crippen LogP contribution is -2.39. The van der Waals surface area contributed by atoms with Gasteiger partial charge in [-0.25, -0.2) is 0 Å². The Balaban J connectivity index is 2.56. The molecule has 13 heavy (non-hydrogen) atoms. The van der Waals surface area contributed by atoms with Crippen LogP contribution < -0.4 is 5.32 Å². The van der Waals surface area contributed by atoms with E-state index in [0.717, 1.165) is 6.42 Å². The van der Waals surface area contributed by atoms with E-state index in [-0.39, 0.29) is 5.54 Å². The molecule has 0 radical (unpaired) electrons. The maximum absolute atomic E-state index is 3.62. The third-order valence-electron chi connectivity index (χ3n) is 2.46. The van der Waals surface area contributed by atoms with Crippen molar-refractivity contribution >= 4 is 11.3 Å². The van der Waals surface area contributed by atoms with Crippen molar-refractivity contribution in [1.82, 2.24) is 5.32 Å². The molecule has 0 bridgehead atoms. The molecule has 1 aromatic heterocycles. The SMILES string of the molecule is CCC(C)(C)NC(C)c1cccs1. The van der Waals surface area contributed by atoms with E-state index in [2.05, 4.69) is 50.5 Å². The van der Waals surface area contributed by atoms with Crippen LogP contribution in [0.2, 0.25) is 0 Å². The zero-order valence-electron chi connectivity index (χ0n) is 8.92. The van der Waals surface area contributed by atoms with Crippen LogP contribution in [0.3, 0.4) is 0 Å². The zero-order valence-corrected chi connectivity index (χ0v) is 9.74. The predicted octanol–water partition coefficient (Wildman–Crippen LogP) is 3.59. The molecule has 1 N–H and O–H groups in total. The molecular weight excluding hydrogens is 178 g/mol. The molecule has 1 heterocycles. The van der Waals surface area contributed by atoms with Crippen LogP contribution >= 0.6 is 11.3 Å². The van der Waals surface area contributed by atoms with Crippen molar-refractivity contribution in [1.29, 1.82) is 0 Å². The maximum Gasteiger partial charge on any atom is 0.0390 e. The van der Waals surface area contributed by atoms with E-state index in [0.29, 0.717) is 6.04 Å². The van der Waals surface area contributed by atoms with Crippen molar-refractivity contribution < 1.29 is 0 Å². The predicted molar refractivity (Wildman–Crippen MR) is 60.2 cm³/mol. The summed E-state index contributed by atoms with van der Waals surface area (Å²) in [5, 5.41) is 5.75. The van der Waals surface area contributed by atoms with Crippen LogP contribution in [0.15, 0.2) is 17.5 Å². The largest absolute Gasteiger partial charge is 0.304 e. The van der Waals surface area contributed by atoms with Gasteiger partial charge in [-0.05, 0) is 38.6 Å². The molecule has 0 spiro atoms. The molecule has 0 aliphatic heterocycles. The highest BCUT2D eigenvalue weighted by atomic mass is 32.1. The fraction of sp³-hybridized carbons (Fsp3) is 0.636. The Bertz CT molecular complexity index is 239. The minimum Gasteiger partial charge on any atom is -0.304 e. The molecule has 0 aliphatic rings. The maximum atomic E-state index is 3.62. The Hall–Kier alpha value is -0.340. The van der Waals surface area contributed by atoms with Gasteiger partial charge in [0.25, 0.3) is 0 Å². The van der Waals surface area contributed by atoms with Crippen LogP contribution in [0.4, 0.5) is 0 Å². The van der Waals surface area contributed by atoms with Crippen molar-refractivity contribution in [2.45, 2.75) is 45.7 Å². The summed E-state index contributed by atoms with van der Waals surface area (Å²) in [5.74, 6) is 0. The molecule has 1 aromatic rings. The van der Waals surface area contributed by atoms with Gasteiger partial charge in [-0.3, -0.25) is 0 Å². The van der Waals surface area contributed by atoms with Gasteiger partial charge < -0.3 is 5.32 Å². The van der Waals surface area contributed by atoms with Crippen LogP contribution in [0, 0.1) is 0 Å². The van der Waals surface area contributed by atoms with E-state index in [1.54, 1.807) is 0 Å². The first-order valence-corrected chi connectivity index (χ1v) is 5.74. The van der Waals surface area contributed by atoms with Crippen molar-refractivity contribution in [3.63, 3.8) is 0 Å². The van der Waals surface area contributed by atoms with Gasteiger partial charge in [-0.2, -0.15) is 0 Å². The Labute approximate surface area is 85.2 Å². The second kappa shape index (κ2) is 4.25. The number of nitrogens with one attached hydrogen (secondary N) is 1. The monoisotopic (exact) mass is 197 g/mol. The summed E-state index contributed by atoms with van der Waals surface area (Å²) in [4.78, 5) is 1.42. The number of hydrogen-bond acceptors (Lipinski definition) is 2. The molecule has 0 aromatic carbocycles. The highest BCUT2D eigenvalue weighted by molar-refractivity contribution is 7.10. The van der Waals surface area contributed by atoms with E-state index >= 15 is 0 Å². The average Bonchev–Trinajstić information content (AvgIpc) is 2.55. The van der Waals surface area contributed by atoms with Crippen LogP contribution in [0.5, 0.6) is 0 Å². The van der Waals surface area contributed by atoms with E-state index in [1.165, 1.54) is 4.88 Å². The number of hydrogen-bond donors (Lipinski definition) is 1. The summed E-state index contributed by atoms with van der Waals surface area (Å²) in [7, 11) is 0. The normalized spacial score (nSPS) is 14.5. The van der Waals surface area contributed by atoms with E-state index in [9.17, 15) is 0 Å².